The first kappa shape index (κ1) is 30.5. The lowest BCUT2D eigenvalue weighted by atomic mass is 10.1. The van der Waals surface area contributed by atoms with Crippen LogP contribution in [0.2, 0.25) is 0 Å². The minimum atomic E-state index is -3.95. The third-order valence-electron chi connectivity index (χ3n) is 7.37. The first-order chi connectivity index (χ1) is 20.3. The maximum Gasteiger partial charge on any atom is 0.262 e. The number of nitrogens with one attached hydrogen (secondary N) is 1. The normalized spacial score (nSPS) is 18.1. The van der Waals surface area contributed by atoms with Crippen LogP contribution in [0.1, 0.15) is 22.5 Å². The summed E-state index contributed by atoms with van der Waals surface area (Å²) in [5.74, 6) is 0.758. The highest BCUT2D eigenvalue weighted by molar-refractivity contribution is 7.92. The van der Waals surface area contributed by atoms with Crippen LogP contribution >= 0.6 is 0 Å². The molecule has 0 bridgehead atoms. The summed E-state index contributed by atoms with van der Waals surface area (Å²) in [6.45, 7) is 4.67. The molecule has 1 amide bonds. The Morgan fingerprint density at radius 2 is 1.70 bits per heavy atom. The van der Waals surface area contributed by atoms with Crippen LogP contribution in [0.15, 0.2) is 47.5 Å². The minimum absolute atomic E-state index is 0.0111. The highest BCUT2D eigenvalue weighted by Crippen LogP contribution is 2.25. The molecule has 2 aliphatic heterocycles. The standard InChI is InChI=1S/C26H34N10O5S2/c1-18-16-23(35-11-10-19(27)17-35)30-26(28-18)34-12-14-36(15-13-34)43(40,41)24-9-8-22(31-32-24)29-25(37)20-6-4-5-7-21(20)33(2)42(3,38)39/h4-9,16,19H,10-15,17,27H2,1-3H3,(H,29,31,37)/t19-/m1/s1. The van der Waals surface area contributed by atoms with Crippen LogP contribution in [-0.2, 0) is 20.0 Å². The minimum Gasteiger partial charge on any atom is -0.355 e. The number of nitrogens with zero attached hydrogens (tertiary/aromatic N) is 8. The Balaban J connectivity index is 1.23. The Bertz CT molecular complexity index is 1710. The molecule has 2 aromatic heterocycles. The number of hydrogen-bond donors (Lipinski definition) is 2. The van der Waals surface area contributed by atoms with Crippen molar-refractivity contribution < 1.29 is 21.6 Å². The number of benzene rings is 1. The first-order valence-corrected chi connectivity index (χ1v) is 16.9. The number of aryl methyl sites for hydroxylation is 1. The Kier molecular flexibility index (Phi) is 8.51. The van der Waals surface area contributed by atoms with E-state index >= 15 is 0 Å². The van der Waals surface area contributed by atoms with Crippen molar-refractivity contribution in [2.24, 2.45) is 5.73 Å². The van der Waals surface area contributed by atoms with Gasteiger partial charge in [0.2, 0.25) is 16.0 Å². The molecule has 2 saturated heterocycles. The monoisotopic (exact) mass is 630 g/mol. The van der Waals surface area contributed by atoms with Gasteiger partial charge in [0.05, 0.1) is 17.5 Å². The number of amides is 1. The molecule has 43 heavy (non-hydrogen) atoms. The van der Waals surface area contributed by atoms with Crippen LogP contribution in [-0.4, -0.2) is 106 Å². The number of hydrogen-bond acceptors (Lipinski definition) is 12. The van der Waals surface area contributed by atoms with E-state index in [0.717, 1.165) is 41.6 Å². The molecule has 15 nitrogen and oxygen atoms in total. The summed E-state index contributed by atoms with van der Waals surface area (Å²) in [6, 6.07) is 10.9. The Morgan fingerprint density at radius 1 is 0.977 bits per heavy atom. The van der Waals surface area contributed by atoms with Gasteiger partial charge in [0, 0.05) is 64.1 Å². The molecular weight excluding hydrogens is 596 g/mol. The maximum absolute atomic E-state index is 13.3. The van der Waals surface area contributed by atoms with Gasteiger partial charge in [0.1, 0.15) is 5.82 Å². The SMILES string of the molecule is Cc1cc(N2CC[C@@H](N)C2)nc(N2CCN(S(=O)(=O)c3ccc(NC(=O)c4ccccc4N(C)S(C)(=O)=O)nn3)CC2)n1. The lowest BCUT2D eigenvalue weighted by Gasteiger charge is -2.34. The number of nitrogens with two attached hydrogens (primary N) is 1. The molecule has 4 heterocycles. The average Bonchev–Trinajstić information content (AvgIpc) is 3.42. The zero-order chi connectivity index (χ0) is 30.9. The summed E-state index contributed by atoms with van der Waals surface area (Å²) in [7, 11) is -6.22. The molecule has 3 aromatic rings. The fourth-order valence-electron chi connectivity index (χ4n) is 4.92. The number of anilines is 4. The van der Waals surface area contributed by atoms with Crippen molar-refractivity contribution in [2.45, 2.75) is 24.4 Å². The summed E-state index contributed by atoms with van der Waals surface area (Å²) < 4.78 is 53.0. The van der Waals surface area contributed by atoms with Crippen LogP contribution in [0.4, 0.5) is 23.3 Å². The van der Waals surface area contributed by atoms with E-state index in [0.29, 0.717) is 19.0 Å². The van der Waals surface area contributed by atoms with Crippen molar-refractivity contribution in [3.8, 4) is 0 Å². The van der Waals surface area contributed by atoms with Gasteiger partial charge >= 0.3 is 0 Å². The predicted octanol–water partition coefficient (Wildman–Crippen LogP) is 0.271. The zero-order valence-electron chi connectivity index (χ0n) is 24.1. The summed E-state index contributed by atoms with van der Waals surface area (Å²) in [5.41, 5.74) is 7.16. The number of carbonyl (C=O) groups excluding carboxylic acids is 1. The number of carbonyl (C=O) groups is 1. The van der Waals surface area contributed by atoms with Crippen molar-refractivity contribution in [2.75, 3.05) is 72.0 Å². The molecular formula is C26H34N10O5S2. The molecule has 0 saturated carbocycles. The molecule has 17 heteroatoms. The van der Waals surface area contributed by atoms with Crippen LogP contribution in [0.3, 0.4) is 0 Å². The molecule has 5 rings (SSSR count). The van der Waals surface area contributed by atoms with Gasteiger partial charge < -0.3 is 20.9 Å². The van der Waals surface area contributed by atoms with Crippen LogP contribution < -0.4 is 25.2 Å². The molecule has 3 N–H and O–H groups in total. The maximum atomic E-state index is 13.3. The van der Waals surface area contributed by atoms with E-state index in [2.05, 4.69) is 25.4 Å². The van der Waals surface area contributed by atoms with Crippen molar-refractivity contribution >= 4 is 49.2 Å². The summed E-state index contributed by atoms with van der Waals surface area (Å²) in [4.78, 5) is 26.3. The fraction of sp³-hybridized carbons (Fsp3) is 0.423. The number of sulfonamides is 2. The van der Waals surface area contributed by atoms with E-state index in [4.69, 9.17) is 10.7 Å². The van der Waals surface area contributed by atoms with E-state index in [-0.39, 0.29) is 41.2 Å². The van der Waals surface area contributed by atoms with Crippen LogP contribution in [0.25, 0.3) is 0 Å². The van der Waals surface area contributed by atoms with Gasteiger partial charge in [-0.25, -0.2) is 21.8 Å². The molecule has 2 aliphatic rings. The van der Waals surface area contributed by atoms with Crippen molar-refractivity contribution in [1.82, 2.24) is 24.5 Å². The van der Waals surface area contributed by atoms with Gasteiger partial charge in [-0.1, -0.05) is 12.1 Å². The van der Waals surface area contributed by atoms with Gasteiger partial charge in [0.15, 0.2) is 10.8 Å². The number of piperazine rings is 1. The van der Waals surface area contributed by atoms with E-state index in [9.17, 15) is 21.6 Å². The molecule has 0 spiro atoms. The van der Waals surface area contributed by atoms with Crippen LogP contribution in [0, 0.1) is 6.92 Å². The number of rotatable bonds is 8. The van der Waals surface area contributed by atoms with Gasteiger partial charge in [0.25, 0.3) is 15.9 Å². The Morgan fingerprint density at radius 3 is 2.33 bits per heavy atom. The lowest BCUT2D eigenvalue weighted by molar-refractivity contribution is 0.102. The largest absolute Gasteiger partial charge is 0.355 e. The molecule has 230 valence electrons. The smallest absolute Gasteiger partial charge is 0.262 e. The highest BCUT2D eigenvalue weighted by Gasteiger charge is 2.31. The fourth-order valence-corrected chi connectivity index (χ4v) is 6.73. The molecule has 0 aliphatic carbocycles. The second kappa shape index (κ2) is 12.0. The number of para-hydroxylation sites is 1. The van der Waals surface area contributed by atoms with Crippen molar-refractivity contribution in [1.29, 1.82) is 0 Å². The summed E-state index contributed by atoms with van der Waals surface area (Å²) in [5, 5.41) is 10.0. The molecule has 0 unspecified atom stereocenters. The van der Waals surface area contributed by atoms with E-state index in [1.54, 1.807) is 12.1 Å². The second-order valence-corrected chi connectivity index (χ2v) is 14.4. The van der Waals surface area contributed by atoms with Gasteiger partial charge in [-0.05, 0) is 37.6 Å². The summed E-state index contributed by atoms with van der Waals surface area (Å²) in [6.07, 6.45) is 1.94. The Labute approximate surface area is 250 Å². The second-order valence-electron chi connectivity index (χ2n) is 10.5. The Hall–Kier alpha value is -3.93. The van der Waals surface area contributed by atoms with E-state index in [1.807, 2.05) is 17.9 Å². The molecule has 2 fully saturated rings. The molecule has 1 atom stereocenters. The van der Waals surface area contributed by atoms with Gasteiger partial charge in [-0.3, -0.25) is 9.10 Å². The van der Waals surface area contributed by atoms with Crippen molar-refractivity contribution in [3.63, 3.8) is 0 Å². The van der Waals surface area contributed by atoms with E-state index < -0.39 is 26.0 Å². The van der Waals surface area contributed by atoms with Crippen molar-refractivity contribution in [3.05, 3.63) is 53.7 Å². The highest BCUT2D eigenvalue weighted by atomic mass is 32.2. The summed E-state index contributed by atoms with van der Waals surface area (Å²) >= 11 is 0. The van der Waals surface area contributed by atoms with E-state index in [1.165, 1.54) is 35.6 Å². The van der Waals surface area contributed by atoms with Gasteiger partial charge in [-0.15, -0.1) is 10.2 Å². The van der Waals surface area contributed by atoms with Crippen LogP contribution in [0.5, 0.6) is 0 Å². The third-order valence-corrected chi connectivity index (χ3v) is 10.4. The first-order valence-electron chi connectivity index (χ1n) is 13.6. The predicted molar refractivity (Wildman–Crippen MR) is 162 cm³/mol. The number of aromatic nitrogens is 4. The van der Waals surface area contributed by atoms with Gasteiger partial charge in [-0.2, -0.15) is 9.29 Å². The zero-order valence-corrected chi connectivity index (χ0v) is 25.7. The lowest BCUT2D eigenvalue weighted by Crippen LogP contribution is -2.49. The quantitative estimate of drug-likeness (QED) is 0.346. The molecule has 1 aromatic carbocycles. The topological polar surface area (TPSA) is 188 Å². The average molecular weight is 631 g/mol. The molecule has 0 radical (unpaired) electrons. The third kappa shape index (κ3) is 6.69.